The predicted molar refractivity (Wildman–Crippen MR) is 58.2 cm³/mol. The van der Waals surface area contributed by atoms with Crippen LogP contribution in [0, 0.1) is 6.92 Å². The molecule has 1 amide bonds. The maximum atomic E-state index is 10.5. The number of anilines is 2. The molecule has 0 bridgehead atoms. The number of primary amides is 1. The van der Waals surface area contributed by atoms with Crippen LogP contribution >= 0.6 is 0 Å². The molecule has 1 aromatic rings. The lowest BCUT2D eigenvalue weighted by Crippen LogP contribution is -2.05. The van der Waals surface area contributed by atoms with Gasteiger partial charge in [-0.25, -0.2) is 0 Å². The molecule has 6 N–H and O–H groups in total. The van der Waals surface area contributed by atoms with Crippen molar-refractivity contribution in [2.75, 3.05) is 11.5 Å². The van der Waals surface area contributed by atoms with E-state index >= 15 is 0 Å². The quantitative estimate of drug-likeness (QED) is 0.473. The van der Waals surface area contributed by atoms with Gasteiger partial charge in [0.2, 0.25) is 5.91 Å². The summed E-state index contributed by atoms with van der Waals surface area (Å²) in [6.07, 6.45) is 2.88. The molecule has 0 spiro atoms. The van der Waals surface area contributed by atoms with E-state index in [1.807, 2.05) is 13.0 Å². The summed E-state index contributed by atoms with van der Waals surface area (Å²) >= 11 is 0. The fourth-order valence-corrected chi connectivity index (χ4v) is 1.13. The van der Waals surface area contributed by atoms with E-state index in [-0.39, 0.29) is 0 Å². The summed E-state index contributed by atoms with van der Waals surface area (Å²) in [5.41, 5.74) is 19.1. The number of hydrogen-bond donors (Lipinski definition) is 3. The Morgan fingerprint density at radius 2 is 2.00 bits per heavy atom. The average molecular weight is 191 g/mol. The smallest absolute Gasteiger partial charge is 0.241 e. The molecule has 0 aliphatic rings. The van der Waals surface area contributed by atoms with Gasteiger partial charge in [0, 0.05) is 6.08 Å². The van der Waals surface area contributed by atoms with Crippen molar-refractivity contribution in [2.24, 2.45) is 5.73 Å². The Labute approximate surface area is 82.4 Å². The molecular weight excluding hydrogens is 178 g/mol. The summed E-state index contributed by atoms with van der Waals surface area (Å²) < 4.78 is 0. The van der Waals surface area contributed by atoms with Crippen LogP contribution in [-0.4, -0.2) is 5.91 Å². The van der Waals surface area contributed by atoms with Gasteiger partial charge in [-0.2, -0.15) is 0 Å². The molecule has 74 valence electrons. The third-order valence-electron chi connectivity index (χ3n) is 1.88. The summed E-state index contributed by atoms with van der Waals surface area (Å²) in [5.74, 6) is -0.488. The highest BCUT2D eigenvalue weighted by molar-refractivity contribution is 5.90. The molecule has 0 heterocycles. The highest BCUT2D eigenvalue weighted by Crippen LogP contribution is 2.22. The summed E-state index contributed by atoms with van der Waals surface area (Å²) in [7, 11) is 0. The Morgan fingerprint density at radius 3 is 2.50 bits per heavy atom. The first kappa shape index (κ1) is 10.1. The van der Waals surface area contributed by atoms with Crippen molar-refractivity contribution in [3.8, 4) is 0 Å². The molecule has 4 heteroatoms. The number of carbonyl (C=O) groups is 1. The van der Waals surface area contributed by atoms with Gasteiger partial charge in [0.1, 0.15) is 0 Å². The zero-order chi connectivity index (χ0) is 10.7. The molecule has 0 unspecified atom stereocenters. The number of benzene rings is 1. The van der Waals surface area contributed by atoms with Gasteiger partial charge in [0.15, 0.2) is 0 Å². The van der Waals surface area contributed by atoms with Gasteiger partial charge < -0.3 is 17.2 Å². The largest absolute Gasteiger partial charge is 0.397 e. The molecule has 0 fully saturated rings. The van der Waals surface area contributed by atoms with Crippen LogP contribution < -0.4 is 17.2 Å². The Morgan fingerprint density at radius 1 is 1.36 bits per heavy atom. The number of amides is 1. The van der Waals surface area contributed by atoms with E-state index < -0.39 is 5.91 Å². The van der Waals surface area contributed by atoms with Gasteiger partial charge in [-0.15, -0.1) is 0 Å². The topological polar surface area (TPSA) is 95.1 Å². The molecule has 0 saturated heterocycles. The normalized spacial score (nSPS) is 10.6. The van der Waals surface area contributed by atoms with Crippen molar-refractivity contribution in [2.45, 2.75) is 6.92 Å². The molecule has 1 rings (SSSR count). The second kappa shape index (κ2) is 3.83. The Balaban J connectivity index is 3.07. The van der Waals surface area contributed by atoms with Crippen molar-refractivity contribution in [3.05, 3.63) is 29.3 Å². The molecule has 0 aliphatic heterocycles. The molecule has 0 atom stereocenters. The minimum Gasteiger partial charge on any atom is -0.397 e. The highest BCUT2D eigenvalue weighted by atomic mass is 16.1. The van der Waals surface area contributed by atoms with Crippen LogP contribution in [0.15, 0.2) is 18.2 Å². The third-order valence-corrected chi connectivity index (χ3v) is 1.88. The number of rotatable bonds is 2. The highest BCUT2D eigenvalue weighted by Gasteiger charge is 1.99. The zero-order valence-electron chi connectivity index (χ0n) is 7.95. The first-order chi connectivity index (χ1) is 6.50. The van der Waals surface area contributed by atoms with Gasteiger partial charge in [0.25, 0.3) is 0 Å². The van der Waals surface area contributed by atoms with Gasteiger partial charge >= 0.3 is 0 Å². The van der Waals surface area contributed by atoms with Gasteiger partial charge in [-0.3, -0.25) is 4.79 Å². The van der Waals surface area contributed by atoms with Crippen LogP contribution in [0.2, 0.25) is 0 Å². The van der Waals surface area contributed by atoms with E-state index in [9.17, 15) is 4.79 Å². The van der Waals surface area contributed by atoms with Crippen molar-refractivity contribution in [1.29, 1.82) is 0 Å². The van der Waals surface area contributed by atoms with Crippen LogP contribution in [-0.2, 0) is 4.79 Å². The van der Waals surface area contributed by atoms with E-state index in [4.69, 9.17) is 17.2 Å². The van der Waals surface area contributed by atoms with Crippen LogP contribution in [0.3, 0.4) is 0 Å². The predicted octanol–water partition coefficient (Wildman–Crippen LogP) is 0.658. The fourth-order valence-electron chi connectivity index (χ4n) is 1.13. The summed E-state index contributed by atoms with van der Waals surface area (Å²) in [4.78, 5) is 10.5. The van der Waals surface area contributed by atoms with Crippen LogP contribution in [0.5, 0.6) is 0 Å². The van der Waals surface area contributed by atoms with E-state index in [1.165, 1.54) is 6.08 Å². The van der Waals surface area contributed by atoms with Crippen molar-refractivity contribution in [3.63, 3.8) is 0 Å². The first-order valence-electron chi connectivity index (χ1n) is 4.14. The number of nitrogens with two attached hydrogens (primary N) is 3. The maximum absolute atomic E-state index is 10.5. The summed E-state index contributed by atoms with van der Waals surface area (Å²) in [5, 5.41) is 0. The average Bonchev–Trinajstić information content (AvgIpc) is 2.10. The van der Waals surface area contributed by atoms with E-state index in [1.54, 1.807) is 12.1 Å². The van der Waals surface area contributed by atoms with Crippen molar-refractivity contribution >= 4 is 23.4 Å². The lowest BCUT2D eigenvalue weighted by molar-refractivity contribution is -0.113. The maximum Gasteiger partial charge on any atom is 0.241 e. The molecule has 0 saturated carbocycles. The Hall–Kier alpha value is -1.97. The standard InChI is InChI=1S/C10H13N3O/c1-6-4-7(2-3-9(12)14)5-8(11)10(6)13/h2-5H,11,13H2,1H3,(H2,12,14). The lowest BCUT2D eigenvalue weighted by atomic mass is 10.1. The number of hydrogen-bond acceptors (Lipinski definition) is 3. The summed E-state index contributed by atoms with van der Waals surface area (Å²) in [6, 6.07) is 3.53. The van der Waals surface area contributed by atoms with Gasteiger partial charge in [0.05, 0.1) is 11.4 Å². The van der Waals surface area contributed by atoms with Crippen LogP contribution in [0.25, 0.3) is 6.08 Å². The van der Waals surface area contributed by atoms with E-state index in [0.717, 1.165) is 11.1 Å². The Bertz CT molecular complexity index is 373. The molecule has 1 aromatic carbocycles. The van der Waals surface area contributed by atoms with Gasteiger partial charge in [-0.1, -0.05) is 0 Å². The number of aryl methyl sites for hydroxylation is 1. The third kappa shape index (κ3) is 2.26. The zero-order valence-corrected chi connectivity index (χ0v) is 7.95. The van der Waals surface area contributed by atoms with Crippen LogP contribution in [0.1, 0.15) is 11.1 Å². The van der Waals surface area contributed by atoms with E-state index in [2.05, 4.69) is 0 Å². The fraction of sp³-hybridized carbons (Fsp3) is 0.100. The van der Waals surface area contributed by atoms with E-state index in [0.29, 0.717) is 11.4 Å². The summed E-state index contributed by atoms with van der Waals surface area (Å²) in [6.45, 7) is 1.85. The van der Waals surface area contributed by atoms with Gasteiger partial charge in [-0.05, 0) is 36.3 Å². The molecule has 4 nitrogen and oxygen atoms in total. The molecule has 0 aromatic heterocycles. The molecular formula is C10H13N3O. The number of carbonyl (C=O) groups excluding carboxylic acids is 1. The number of nitrogen functional groups attached to an aromatic ring is 2. The monoisotopic (exact) mass is 191 g/mol. The minimum absolute atomic E-state index is 0.488. The van der Waals surface area contributed by atoms with Crippen molar-refractivity contribution < 1.29 is 4.79 Å². The molecule has 0 radical (unpaired) electrons. The molecule has 0 aliphatic carbocycles. The first-order valence-corrected chi connectivity index (χ1v) is 4.14. The molecule has 14 heavy (non-hydrogen) atoms. The second-order valence-corrected chi connectivity index (χ2v) is 3.08. The lowest BCUT2D eigenvalue weighted by Gasteiger charge is -2.05. The van der Waals surface area contributed by atoms with Crippen LogP contribution in [0.4, 0.5) is 11.4 Å². The SMILES string of the molecule is Cc1cc(C=CC(N)=O)cc(N)c1N. The Kier molecular flexibility index (Phi) is 2.76. The minimum atomic E-state index is -0.488. The van der Waals surface area contributed by atoms with Crippen molar-refractivity contribution in [1.82, 2.24) is 0 Å². The second-order valence-electron chi connectivity index (χ2n) is 3.08.